The molecule has 20 heavy (non-hydrogen) atoms. The molecule has 1 unspecified atom stereocenters. The lowest BCUT2D eigenvalue weighted by atomic mass is 9.86. The number of hydrogen-bond acceptors (Lipinski definition) is 3. The summed E-state index contributed by atoms with van der Waals surface area (Å²) in [6.45, 7) is 15.4. The van der Waals surface area contributed by atoms with Gasteiger partial charge in [-0.3, -0.25) is 0 Å². The van der Waals surface area contributed by atoms with E-state index in [4.69, 9.17) is 0 Å². The number of nitrogens with zero attached hydrogens (tertiary/aromatic N) is 2. The van der Waals surface area contributed by atoms with Gasteiger partial charge in [0.2, 0.25) is 0 Å². The molecule has 0 spiro atoms. The zero-order valence-corrected chi connectivity index (χ0v) is 14.7. The Labute approximate surface area is 127 Å². The van der Waals surface area contributed by atoms with Crippen molar-refractivity contribution in [2.75, 3.05) is 46.8 Å². The number of nitrogens with one attached hydrogen (secondary N) is 1. The van der Waals surface area contributed by atoms with Gasteiger partial charge in [0.25, 0.3) is 0 Å². The average molecular weight is 284 g/mol. The number of rotatable bonds is 11. The van der Waals surface area contributed by atoms with Crippen LogP contribution in [0.2, 0.25) is 0 Å². The van der Waals surface area contributed by atoms with Crippen LogP contribution < -0.4 is 5.32 Å². The van der Waals surface area contributed by atoms with Gasteiger partial charge in [0.05, 0.1) is 0 Å². The molecule has 0 aliphatic heterocycles. The molecule has 1 aliphatic rings. The van der Waals surface area contributed by atoms with Gasteiger partial charge in [0.1, 0.15) is 0 Å². The third-order valence-electron chi connectivity index (χ3n) is 4.34. The van der Waals surface area contributed by atoms with Gasteiger partial charge in [-0.25, -0.2) is 0 Å². The molecule has 0 saturated heterocycles. The highest BCUT2D eigenvalue weighted by Gasteiger charge is 2.29. The summed E-state index contributed by atoms with van der Waals surface area (Å²) in [5, 5.41) is 3.73. The van der Waals surface area contributed by atoms with Crippen LogP contribution in [0.25, 0.3) is 0 Å². The normalized spacial score (nSPS) is 19.1. The fraction of sp³-hybridized carbons (Fsp3) is 1.00. The van der Waals surface area contributed by atoms with Crippen molar-refractivity contribution in [3.8, 4) is 0 Å². The molecule has 1 rings (SSSR count). The standard InChI is InChI=1S/C17H37N3/c1-7-17(4,13-18-16-8-9-16)14-20(12-15(2)3)11-10-19(5)6/h15-16,18H,7-14H2,1-6H3. The summed E-state index contributed by atoms with van der Waals surface area (Å²) < 4.78 is 0. The Morgan fingerprint density at radius 3 is 2.30 bits per heavy atom. The molecular weight excluding hydrogens is 246 g/mol. The Kier molecular flexibility index (Phi) is 7.49. The third kappa shape index (κ3) is 7.61. The maximum Gasteiger partial charge on any atom is 0.0109 e. The first-order valence-corrected chi connectivity index (χ1v) is 8.45. The fourth-order valence-corrected chi connectivity index (χ4v) is 2.60. The first-order valence-electron chi connectivity index (χ1n) is 8.45. The Morgan fingerprint density at radius 1 is 1.20 bits per heavy atom. The summed E-state index contributed by atoms with van der Waals surface area (Å²) in [6.07, 6.45) is 4.02. The van der Waals surface area contributed by atoms with E-state index in [2.05, 4.69) is 56.9 Å². The monoisotopic (exact) mass is 283 g/mol. The van der Waals surface area contributed by atoms with Crippen molar-refractivity contribution in [2.45, 2.75) is 53.0 Å². The Hall–Kier alpha value is -0.120. The molecule has 1 saturated carbocycles. The van der Waals surface area contributed by atoms with Crippen molar-refractivity contribution in [3.05, 3.63) is 0 Å². The summed E-state index contributed by atoms with van der Waals surface area (Å²) in [6, 6.07) is 0.821. The minimum Gasteiger partial charge on any atom is -0.313 e. The van der Waals surface area contributed by atoms with Crippen LogP contribution in [0.4, 0.5) is 0 Å². The minimum atomic E-state index is 0.407. The SMILES string of the molecule is CCC(C)(CNC1CC1)CN(CCN(C)C)CC(C)C. The number of hydrogen-bond donors (Lipinski definition) is 1. The molecule has 0 bridgehead atoms. The molecule has 1 fully saturated rings. The molecule has 120 valence electrons. The molecule has 0 aromatic rings. The Balaban J connectivity index is 2.48. The van der Waals surface area contributed by atoms with Gasteiger partial charge in [-0.2, -0.15) is 0 Å². The highest BCUT2D eigenvalue weighted by atomic mass is 15.2. The maximum absolute atomic E-state index is 3.73. The van der Waals surface area contributed by atoms with E-state index in [1.807, 2.05) is 0 Å². The van der Waals surface area contributed by atoms with Crippen molar-refractivity contribution >= 4 is 0 Å². The summed E-state index contributed by atoms with van der Waals surface area (Å²) in [5.41, 5.74) is 0.407. The van der Waals surface area contributed by atoms with E-state index < -0.39 is 0 Å². The second kappa shape index (κ2) is 8.35. The van der Waals surface area contributed by atoms with Crippen LogP contribution >= 0.6 is 0 Å². The van der Waals surface area contributed by atoms with Crippen LogP contribution in [0.3, 0.4) is 0 Å². The summed E-state index contributed by atoms with van der Waals surface area (Å²) >= 11 is 0. The maximum atomic E-state index is 3.73. The molecule has 1 atom stereocenters. The van der Waals surface area contributed by atoms with Gasteiger partial charge in [-0.1, -0.05) is 27.7 Å². The summed E-state index contributed by atoms with van der Waals surface area (Å²) in [7, 11) is 4.34. The van der Waals surface area contributed by atoms with Crippen LogP contribution in [-0.2, 0) is 0 Å². The van der Waals surface area contributed by atoms with Crippen LogP contribution in [0.5, 0.6) is 0 Å². The lowest BCUT2D eigenvalue weighted by Gasteiger charge is -2.36. The van der Waals surface area contributed by atoms with E-state index in [-0.39, 0.29) is 0 Å². The van der Waals surface area contributed by atoms with Crippen molar-refractivity contribution in [1.29, 1.82) is 0 Å². The molecule has 1 N–H and O–H groups in total. The lowest BCUT2D eigenvalue weighted by Crippen LogP contribution is -2.45. The Morgan fingerprint density at radius 2 is 1.85 bits per heavy atom. The molecule has 0 radical (unpaired) electrons. The second-order valence-electron chi connectivity index (χ2n) is 7.75. The molecule has 0 aromatic heterocycles. The molecule has 3 nitrogen and oxygen atoms in total. The van der Waals surface area contributed by atoms with Gasteiger partial charge >= 0.3 is 0 Å². The van der Waals surface area contributed by atoms with Gasteiger partial charge in [0.15, 0.2) is 0 Å². The van der Waals surface area contributed by atoms with Crippen LogP contribution in [-0.4, -0.2) is 62.7 Å². The Bertz CT molecular complexity index is 261. The van der Waals surface area contributed by atoms with Crippen LogP contribution in [0.15, 0.2) is 0 Å². The van der Waals surface area contributed by atoms with Gasteiger partial charge in [-0.15, -0.1) is 0 Å². The first kappa shape index (κ1) is 17.9. The van der Waals surface area contributed by atoms with Crippen LogP contribution in [0.1, 0.15) is 47.0 Å². The molecular formula is C17H37N3. The smallest absolute Gasteiger partial charge is 0.0109 e. The topological polar surface area (TPSA) is 18.5 Å². The molecule has 0 amide bonds. The molecule has 1 aliphatic carbocycles. The zero-order chi connectivity index (χ0) is 15.2. The highest BCUT2D eigenvalue weighted by Crippen LogP contribution is 2.25. The fourth-order valence-electron chi connectivity index (χ4n) is 2.60. The van der Waals surface area contributed by atoms with E-state index in [9.17, 15) is 0 Å². The quantitative estimate of drug-likeness (QED) is 0.629. The molecule has 0 heterocycles. The average Bonchev–Trinajstić information content (AvgIpc) is 3.17. The van der Waals surface area contributed by atoms with Crippen molar-refractivity contribution in [1.82, 2.24) is 15.1 Å². The molecule has 3 heteroatoms. The van der Waals surface area contributed by atoms with Gasteiger partial charge in [0, 0.05) is 38.8 Å². The first-order chi connectivity index (χ1) is 9.34. The molecule has 0 aromatic carbocycles. The van der Waals surface area contributed by atoms with E-state index in [0.717, 1.165) is 18.5 Å². The van der Waals surface area contributed by atoms with Crippen molar-refractivity contribution < 1.29 is 0 Å². The van der Waals surface area contributed by atoms with E-state index >= 15 is 0 Å². The summed E-state index contributed by atoms with van der Waals surface area (Å²) in [5.74, 6) is 0.745. The zero-order valence-electron chi connectivity index (χ0n) is 14.7. The second-order valence-corrected chi connectivity index (χ2v) is 7.75. The van der Waals surface area contributed by atoms with Gasteiger partial charge in [-0.05, 0) is 44.7 Å². The van der Waals surface area contributed by atoms with Gasteiger partial charge < -0.3 is 15.1 Å². The van der Waals surface area contributed by atoms with Crippen molar-refractivity contribution in [2.24, 2.45) is 11.3 Å². The van der Waals surface area contributed by atoms with E-state index in [1.165, 1.54) is 45.4 Å². The number of likely N-dealkylation sites (N-methyl/N-ethyl adjacent to an activating group) is 1. The minimum absolute atomic E-state index is 0.407. The van der Waals surface area contributed by atoms with E-state index in [1.54, 1.807) is 0 Å². The van der Waals surface area contributed by atoms with Crippen molar-refractivity contribution in [3.63, 3.8) is 0 Å². The largest absolute Gasteiger partial charge is 0.313 e. The third-order valence-corrected chi connectivity index (χ3v) is 4.34. The predicted molar refractivity (Wildman–Crippen MR) is 89.3 cm³/mol. The van der Waals surface area contributed by atoms with Crippen LogP contribution in [0, 0.1) is 11.3 Å². The summed E-state index contributed by atoms with van der Waals surface area (Å²) in [4.78, 5) is 4.96. The highest BCUT2D eigenvalue weighted by molar-refractivity contribution is 4.87. The van der Waals surface area contributed by atoms with E-state index in [0.29, 0.717) is 5.41 Å². The predicted octanol–water partition coefficient (Wildman–Crippen LogP) is 2.67. The lowest BCUT2D eigenvalue weighted by molar-refractivity contribution is 0.133.